The number of hydrogen-bond acceptors (Lipinski definition) is 7. The van der Waals surface area contributed by atoms with Crippen molar-refractivity contribution in [3.05, 3.63) is 132 Å². The normalized spacial score (nSPS) is 9.65. The van der Waals surface area contributed by atoms with Gasteiger partial charge in [0.25, 0.3) is 0 Å². The standard InChI is InChI=1S/C14H13N3.C14H16N2.C13H11N3.6ClH/c1-17-13-7-11(15)4-2-9(13)6-10-3-5-12(16)8-14(10)17;1-9-7-11(3-5-13(9)15)12-4-6-14(16)10(2)8-12;14-10-3-1-8-5-9-2-4-11(15)7-13(9)16-12(8)6-10;;;;;;/h2-8H,1H3,(H3,15,16);3-8H,15-16H2,1-2H3;1-7H,14-15H2;6*1H. The zero-order valence-corrected chi connectivity index (χ0v) is 35.2. The number of pyridine rings is 2. The van der Waals surface area contributed by atoms with Crippen LogP contribution in [0.1, 0.15) is 11.1 Å². The summed E-state index contributed by atoms with van der Waals surface area (Å²) in [4.78, 5) is 4.54. The molecule has 55 heavy (non-hydrogen) atoms. The summed E-state index contributed by atoms with van der Waals surface area (Å²) in [5, 5.41) is 4.54. The number of nitrogens with two attached hydrogens (primary N) is 6. The smallest absolute Gasteiger partial charge is 0.214 e. The monoisotopic (exact) mass is 860 g/mol. The molecular formula is C41H46Cl6N8. The molecular weight excluding hydrogens is 817 g/mol. The molecule has 0 aliphatic heterocycles. The molecule has 2 heterocycles. The Bertz CT molecular complexity index is 2370. The Labute approximate surface area is 358 Å². The van der Waals surface area contributed by atoms with Crippen LogP contribution in [0.3, 0.4) is 0 Å². The SMILES string of the molecule is C[n+]1c2cc(N)ccc2cc2ccc(N)cc21.Cc1cc(-c2ccc(N)c(C)c2)ccc1N.Cl.Cl.Cl.Cl.Cl.Nc1ccc2cc3ccc(N)cc3nc2c1.[Cl-]. The van der Waals surface area contributed by atoms with Crippen molar-refractivity contribution in [3.8, 4) is 11.1 Å². The van der Waals surface area contributed by atoms with E-state index >= 15 is 0 Å². The Kier molecular flexibility index (Phi) is 19.5. The summed E-state index contributed by atoms with van der Waals surface area (Å²) in [7, 11) is 2.03. The lowest BCUT2D eigenvalue weighted by atomic mass is 10.0. The van der Waals surface area contributed by atoms with Gasteiger partial charge in [0.2, 0.25) is 11.0 Å². The summed E-state index contributed by atoms with van der Waals surface area (Å²) < 4.78 is 2.12. The second kappa shape index (κ2) is 21.3. The summed E-state index contributed by atoms with van der Waals surface area (Å²) in [5.41, 5.74) is 48.0. The topological polar surface area (TPSA) is 173 Å². The van der Waals surface area contributed by atoms with Crippen molar-refractivity contribution in [3.63, 3.8) is 0 Å². The van der Waals surface area contributed by atoms with Crippen LogP contribution in [0.5, 0.6) is 0 Å². The molecule has 0 atom stereocenters. The van der Waals surface area contributed by atoms with Gasteiger partial charge in [-0.3, -0.25) is 0 Å². The first kappa shape index (κ1) is 50.2. The molecule has 0 bridgehead atoms. The van der Waals surface area contributed by atoms with Crippen LogP contribution in [0.15, 0.2) is 121 Å². The zero-order valence-electron chi connectivity index (χ0n) is 30.3. The molecule has 0 saturated heterocycles. The molecule has 0 aliphatic carbocycles. The lowest BCUT2D eigenvalue weighted by Crippen LogP contribution is -3.00. The van der Waals surface area contributed by atoms with Crippen LogP contribution in [-0.2, 0) is 7.05 Å². The Hall–Kier alpha value is -4.80. The first-order valence-electron chi connectivity index (χ1n) is 15.9. The zero-order chi connectivity index (χ0) is 34.8. The van der Waals surface area contributed by atoms with E-state index in [0.29, 0.717) is 0 Å². The lowest BCUT2D eigenvalue weighted by Gasteiger charge is -2.07. The fraction of sp³-hybridized carbons (Fsp3) is 0.0732. The number of anilines is 6. The molecule has 0 amide bonds. The molecule has 0 radical (unpaired) electrons. The van der Waals surface area contributed by atoms with Gasteiger partial charge in [0, 0.05) is 67.8 Å². The van der Waals surface area contributed by atoms with Gasteiger partial charge in [-0.1, -0.05) is 24.3 Å². The Morgan fingerprint density at radius 2 is 0.727 bits per heavy atom. The molecule has 14 heteroatoms. The fourth-order valence-electron chi connectivity index (χ4n) is 5.81. The van der Waals surface area contributed by atoms with Gasteiger partial charge < -0.3 is 46.8 Å². The van der Waals surface area contributed by atoms with E-state index in [9.17, 15) is 0 Å². The van der Waals surface area contributed by atoms with Gasteiger partial charge in [-0.05, 0) is 121 Å². The lowest BCUT2D eigenvalue weighted by molar-refractivity contribution is -0.617. The summed E-state index contributed by atoms with van der Waals surface area (Å²) in [6.07, 6.45) is 0. The molecule has 12 N–H and O–H groups in total. The first-order valence-corrected chi connectivity index (χ1v) is 15.9. The highest BCUT2D eigenvalue weighted by atomic mass is 35.5. The largest absolute Gasteiger partial charge is 1.00 e. The number of hydrogen-bond donors (Lipinski definition) is 6. The second-order valence-electron chi connectivity index (χ2n) is 12.4. The molecule has 292 valence electrons. The molecule has 8 aromatic rings. The minimum Gasteiger partial charge on any atom is -1.00 e. The molecule has 2 aromatic heterocycles. The highest BCUT2D eigenvalue weighted by Gasteiger charge is 2.12. The third-order valence-corrected chi connectivity index (χ3v) is 8.68. The fourth-order valence-corrected chi connectivity index (χ4v) is 5.81. The quantitative estimate of drug-likeness (QED) is 0.0600. The van der Waals surface area contributed by atoms with E-state index in [0.717, 1.165) is 78.1 Å². The molecule has 8 nitrogen and oxygen atoms in total. The average Bonchev–Trinajstić information content (AvgIpc) is 3.08. The highest BCUT2D eigenvalue weighted by molar-refractivity contribution is 5.95. The number of aryl methyl sites for hydroxylation is 3. The molecule has 0 spiro atoms. The van der Waals surface area contributed by atoms with E-state index in [-0.39, 0.29) is 74.4 Å². The highest BCUT2D eigenvalue weighted by Crippen LogP contribution is 2.27. The molecule has 0 unspecified atom stereocenters. The van der Waals surface area contributed by atoms with Crippen LogP contribution in [-0.4, -0.2) is 4.98 Å². The second-order valence-corrected chi connectivity index (χ2v) is 12.4. The summed E-state index contributed by atoms with van der Waals surface area (Å²) in [6, 6.07) is 39.8. The predicted octanol–water partition coefficient (Wildman–Crippen LogP) is 6.78. The average molecular weight is 864 g/mol. The van der Waals surface area contributed by atoms with Gasteiger partial charge >= 0.3 is 0 Å². The number of nitrogen functional groups attached to an aromatic ring is 6. The third kappa shape index (κ3) is 11.6. The van der Waals surface area contributed by atoms with Crippen LogP contribution in [0.25, 0.3) is 54.7 Å². The summed E-state index contributed by atoms with van der Waals surface area (Å²) in [5.74, 6) is 0. The Morgan fingerprint density at radius 3 is 1.09 bits per heavy atom. The van der Waals surface area contributed by atoms with Crippen LogP contribution in [0.2, 0.25) is 0 Å². The Morgan fingerprint density at radius 1 is 0.400 bits per heavy atom. The van der Waals surface area contributed by atoms with Crippen molar-refractivity contribution in [2.75, 3.05) is 34.4 Å². The molecule has 0 aliphatic rings. The maximum absolute atomic E-state index is 5.83. The number of fused-ring (bicyclic) bond motifs is 4. The van der Waals surface area contributed by atoms with Gasteiger partial charge in [0.1, 0.15) is 7.05 Å². The minimum absolute atomic E-state index is 0. The third-order valence-electron chi connectivity index (χ3n) is 8.68. The minimum atomic E-state index is 0. The van der Waals surface area contributed by atoms with Crippen LogP contribution in [0.4, 0.5) is 34.1 Å². The van der Waals surface area contributed by atoms with Crippen molar-refractivity contribution < 1.29 is 17.0 Å². The number of nitrogens with zero attached hydrogens (tertiary/aromatic N) is 2. The number of aromatic nitrogens is 2. The van der Waals surface area contributed by atoms with Gasteiger partial charge in [-0.2, -0.15) is 4.57 Å². The molecule has 0 fully saturated rings. The van der Waals surface area contributed by atoms with E-state index in [1.807, 2.05) is 118 Å². The van der Waals surface area contributed by atoms with Crippen molar-refractivity contribution in [1.82, 2.24) is 4.98 Å². The Balaban J connectivity index is 0.000000755. The van der Waals surface area contributed by atoms with Crippen molar-refractivity contribution in [2.24, 2.45) is 7.05 Å². The van der Waals surface area contributed by atoms with Crippen LogP contribution in [0, 0.1) is 13.8 Å². The van der Waals surface area contributed by atoms with Crippen molar-refractivity contribution in [2.45, 2.75) is 13.8 Å². The predicted molar refractivity (Wildman–Crippen MR) is 246 cm³/mol. The molecule has 8 rings (SSSR count). The van der Waals surface area contributed by atoms with E-state index in [1.165, 1.54) is 21.9 Å². The van der Waals surface area contributed by atoms with Gasteiger partial charge in [0.05, 0.1) is 11.0 Å². The number of halogens is 6. The van der Waals surface area contributed by atoms with Gasteiger partial charge in [-0.25, -0.2) is 4.98 Å². The molecule has 6 aromatic carbocycles. The van der Waals surface area contributed by atoms with E-state index in [2.05, 4.69) is 33.8 Å². The van der Waals surface area contributed by atoms with E-state index < -0.39 is 0 Å². The number of rotatable bonds is 1. The van der Waals surface area contributed by atoms with E-state index in [4.69, 9.17) is 34.4 Å². The van der Waals surface area contributed by atoms with E-state index in [1.54, 1.807) is 0 Å². The number of benzene rings is 6. The van der Waals surface area contributed by atoms with Crippen molar-refractivity contribution in [1.29, 1.82) is 0 Å². The van der Waals surface area contributed by atoms with Gasteiger partial charge in [-0.15, -0.1) is 62.0 Å². The first-order chi connectivity index (χ1) is 23.4. The summed E-state index contributed by atoms with van der Waals surface area (Å²) in [6.45, 7) is 4.03. The van der Waals surface area contributed by atoms with Crippen LogP contribution >= 0.6 is 62.0 Å². The van der Waals surface area contributed by atoms with Gasteiger partial charge in [0.15, 0.2) is 0 Å². The summed E-state index contributed by atoms with van der Waals surface area (Å²) >= 11 is 0. The van der Waals surface area contributed by atoms with Crippen LogP contribution < -0.4 is 51.4 Å². The molecule has 0 saturated carbocycles. The van der Waals surface area contributed by atoms with Crippen molar-refractivity contribution >= 4 is 140 Å². The maximum atomic E-state index is 5.83. The maximum Gasteiger partial charge on any atom is 0.214 e.